The smallest absolute Gasteiger partial charge is 0.254 e. The van der Waals surface area contributed by atoms with Crippen molar-refractivity contribution < 1.29 is 9.18 Å². The molecular weight excluding hydrogens is 277 g/mol. The third kappa shape index (κ3) is 3.35. The maximum absolute atomic E-state index is 13.4. The van der Waals surface area contributed by atoms with Crippen LogP contribution >= 0.6 is 0 Å². The topological polar surface area (TPSA) is 20.3 Å². The second-order valence-corrected chi connectivity index (χ2v) is 6.01. The van der Waals surface area contributed by atoms with Crippen molar-refractivity contribution in [2.24, 2.45) is 5.92 Å². The number of amides is 1. The van der Waals surface area contributed by atoms with Gasteiger partial charge in [0.05, 0.1) is 0 Å². The molecule has 1 saturated carbocycles. The van der Waals surface area contributed by atoms with Crippen LogP contribution in [0.3, 0.4) is 0 Å². The van der Waals surface area contributed by atoms with Crippen LogP contribution < -0.4 is 0 Å². The van der Waals surface area contributed by atoms with Crippen molar-refractivity contribution >= 4 is 5.91 Å². The Bertz CT molecular complexity index is 651. The summed E-state index contributed by atoms with van der Waals surface area (Å²) in [5.74, 6) is 0.105. The first kappa shape index (κ1) is 14.8. The number of halogens is 1. The van der Waals surface area contributed by atoms with E-state index in [0.29, 0.717) is 18.0 Å². The van der Waals surface area contributed by atoms with Crippen LogP contribution in [0.15, 0.2) is 54.6 Å². The van der Waals surface area contributed by atoms with Crippen LogP contribution in [0.4, 0.5) is 4.39 Å². The number of hydrogen-bond donors (Lipinski definition) is 0. The van der Waals surface area contributed by atoms with E-state index in [2.05, 4.69) is 6.92 Å². The molecular formula is C19H20FNO. The highest BCUT2D eigenvalue weighted by Gasteiger charge is 2.34. The number of carbonyl (C=O) groups is 1. The number of hydrogen-bond acceptors (Lipinski definition) is 1. The van der Waals surface area contributed by atoms with Crippen molar-refractivity contribution in [3.05, 3.63) is 71.5 Å². The second-order valence-electron chi connectivity index (χ2n) is 6.01. The van der Waals surface area contributed by atoms with E-state index >= 15 is 0 Å². The molecule has 2 aromatic rings. The molecule has 1 aliphatic carbocycles. The zero-order chi connectivity index (χ0) is 15.5. The predicted octanol–water partition coefficient (Wildman–Crippen LogP) is 4.27. The standard InChI is InChI=1S/C19H20FNO/c1-14(16-10-11-16)21(13-15-6-3-2-4-7-15)19(22)17-8-5-9-18(20)12-17/h2-9,12,14,16H,10-11,13H2,1H3/t14-/m1/s1. The van der Waals surface area contributed by atoms with Crippen LogP contribution in [0.1, 0.15) is 35.7 Å². The fourth-order valence-corrected chi connectivity index (χ4v) is 2.80. The van der Waals surface area contributed by atoms with E-state index in [9.17, 15) is 9.18 Å². The maximum atomic E-state index is 13.4. The summed E-state index contributed by atoms with van der Waals surface area (Å²) in [5.41, 5.74) is 1.52. The van der Waals surface area contributed by atoms with Gasteiger partial charge in [0.25, 0.3) is 5.91 Å². The average molecular weight is 297 g/mol. The summed E-state index contributed by atoms with van der Waals surface area (Å²) >= 11 is 0. The maximum Gasteiger partial charge on any atom is 0.254 e. The van der Waals surface area contributed by atoms with Crippen LogP contribution in [-0.4, -0.2) is 16.8 Å². The van der Waals surface area contributed by atoms with Gasteiger partial charge in [0.1, 0.15) is 5.82 Å². The largest absolute Gasteiger partial charge is 0.331 e. The minimum Gasteiger partial charge on any atom is -0.331 e. The lowest BCUT2D eigenvalue weighted by Crippen LogP contribution is -2.39. The highest BCUT2D eigenvalue weighted by atomic mass is 19.1. The molecule has 0 radical (unpaired) electrons. The molecule has 1 fully saturated rings. The monoisotopic (exact) mass is 297 g/mol. The van der Waals surface area contributed by atoms with Crippen LogP contribution in [0, 0.1) is 11.7 Å². The quantitative estimate of drug-likeness (QED) is 0.807. The molecule has 1 atom stereocenters. The zero-order valence-corrected chi connectivity index (χ0v) is 12.7. The Morgan fingerprint density at radius 2 is 1.91 bits per heavy atom. The van der Waals surface area contributed by atoms with Gasteiger partial charge < -0.3 is 4.90 Å². The average Bonchev–Trinajstić information content (AvgIpc) is 3.37. The normalized spacial score (nSPS) is 15.4. The summed E-state index contributed by atoms with van der Waals surface area (Å²) in [4.78, 5) is 14.7. The van der Waals surface area contributed by atoms with Gasteiger partial charge in [0, 0.05) is 18.2 Å². The summed E-state index contributed by atoms with van der Waals surface area (Å²) in [6.45, 7) is 2.66. The third-order valence-electron chi connectivity index (χ3n) is 4.32. The van der Waals surface area contributed by atoms with Gasteiger partial charge in [-0.25, -0.2) is 4.39 Å². The van der Waals surface area contributed by atoms with Crippen LogP contribution in [-0.2, 0) is 6.54 Å². The molecule has 0 saturated heterocycles. The SMILES string of the molecule is C[C@H](C1CC1)N(Cc1ccccc1)C(=O)c1cccc(F)c1. The Morgan fingerprint density at radius 1 is 1.18 bits per heavy atom. The Morgan fingerprint density at radius 3 is 2.55 bits per heavy atom. The van der Waals surface area contributed by atoms with E-state index in [0.717, 1.165) is 5.56 Å². The van der Waals surface area contributed by atoms with Crippen LogP contribution in [0.25, 0.3) is 0 Å². The summed E-state index contributed by atoms with van der Waals surface area (Å²) in [7, 11) is 0. The van der Waals surface area contributed by atoms with E-state index in [4.69, 9.17) is 0 Å². The molecule has 22 heavy (non-hydrogen) atoms. The summed E-state index contributed by atoms with van der Waals surface area (Å²) in [6, 6.07) is 16.1. The minimum atomic E-state index is -0.371. The summed E-state index contributed by atoms with van der Waals surface area (Å²) in [6.07, 6.45) is 2.34. The number of rotatable bonds is 5. The molecule has 0 aliphatic heterocycles. The molecule has 3 rings (SSSR count). The number of carbonyl (C=O) groups excluding carboxylic acids is 1. The lowest BCUT2D eigenvalue weighted by Gasteiger charge is -2.30. The first-order valence-corrected chi connectivity index (χ1v) is 7.75. The second kappa shape index (κ2) is 6.30. The Hall–Kier alpha value is -2.16. The zero-order valence-electron chi connectivity index (χ0n) is 12.7. The summed E-state index contributed by atoms with van der Waals surface area (Å²) < 4.78 is 13.4. The Balaban J connectivity index is 1.85. The highest BCUT2D eigenvalue weighted by molar-refractivity contribution is 5.94. The highest BCUT2D eigenvalue weighted by Crippen LogP contribution is 2.36. The Labute approximate surface area is 130 Å². The number of benzene rings is 2. The van der Waals surface area contributed by atoms with Crippen molar-refractivity contribution in [3.8, 4) is 0 Å². The first-order valence-electron chi connectivity index (χ1n) is 7.75. The molecule has 1 aliphatic rings. The van der Waals surface area contributed by atoms with Crippen molar-refractivity contribution in [1.82, 2.24) is 4.90 Å². The summed E-state index contributed by atoms with van der Waals surface area (Å²) in [5, 5.41) is 0. The molecule has 0 unspecified atom stereocenters. The molecule has 3 heteroatoms. The van der Waals surface area contributed by atoms with E-state index < -0.39 is 0 Å². The molecule has 1 amide bonds. The minimum absolute atomic E-state index is 0.0947. The Kier molecular flexibility index (Phi) is 4.23. The van der Waals surface area contributed by atoms with Crippen LogP contribution in [0.5, 0.6) is 0 Å². The van der Waals surface area contributed by atoms with Crippen molar-refractivity contribution in [2.45, 2.75) is 32.4 Å². The molecule has 2 nitrogen and oxygen atoms in total. The van der Waals surface area contributed by atoms with Gasteiger partial charge in [0.15, 0.2) is 0 Å². The third-order valence-corrected chi connectivity index (χ3v) is 4.32. The molecule has 114 valence electrons. The van der Waals surface area contributed by atoms with E-state index in [1.165, 1.54) is 25.0 Å². The fraction of sp³-hybridized carbons (Fsp3) is 0.316. The lowest BCUT2D eigenvalue weighted by atomic mass is 10.1. The molecule has 0 aromatic heterocycles. The molecule has 0 spiro atoms. The van der Waals surface area contributed by atoms with Crippen molar-refractivity contribution in [1.29, 1.82) is 0 Å². The van der Waals surface area contributed by atoms with Gasteiger partial charge in [-0.2, -0.15) is 0 Å². The van der Waals surface area contributed by atoms with E-state index in [1.54, 1.807) is 12.1 Å². The van der Waals surface area contributed by atoms with Gasteiger partial charge in [-0.05, 0) is 49.4 Å². The van der Waals surface area contributed by atoms with Crippen LogP contribution in [0.2, 0.25) is 0 Å². The van der Waals surface area contributed by atoms with E-state index in [1.807, 2.05) is 35.2 Å². The van der Waals surface area contributed by atoms with Crippen molar-refractivity contribution in [2.75, 3.05) is 0 Å². The number of nitrogens with zero attached hydrogens (tertiary/aromatic N) is 1. The van der Waals surface area contributed by atoms with Gasteiger partial charge in [-0.15, -0.1) is 0 Å². The van der Waals surface area contributed by atoms with Gasteiger partial charge in [-0.3, -0.25) is 4.79 Å². The molecule has 0 bridgehead atoms. The van der Waals surface area contributed by atoms with Gasteiger partial charge >= 0.3 is 0 Å². The molecule has 0 N–H and O–H groups in total. The van der Waals surface area contributed by atoms with E-state index in [-0.39, 0.29) is 17.8 Å². The van der Waals surface area contributed by atoms with Gasteiger partial charge in [-0.1, -0.05) is 36.4 Å². The molecule has 0 heterocycles. The van der Waals surface area contributed by atoms with Gasteiger partial charge in [0.2, 0.25) is 0 Å². The van der Waals surface area contributed by atoms with Crippen molar-refractivity contribution in [3.63, 3.8) is 0 Å². The fourth-order valence-electron chi connectivity index (χ4n) is 2.80. The lowest BCUT2D eigenvalue weighted by molar-refractivity contribution is 0.0654. The first-order chi connectivity index (χ1) is 10.6. The predicted molar refractivity (Wildman–Crippen MR) is 84.9 cm³/mol. The molecule has 2 aromatic carbocycles.